The number of hydrogen-bond acceptors (Lipinski definition) is 4. The van der Waals surface area contributed by atoms with Gasteiger partial charge in [0.2, 0.25) is 11.4 Å². The quantitative estimate of drug-likeness (QED) is 0.114. The standard InChI is InChI=1S/C74H45N9/c1-75-65-31-19-17-29-61(65)68-49-67(79-74(80-68)62-30-18-20-32-66(62)76-2)53-39-37-51(38-40-53)50-33-35-52(36-34-50)54-45-69(77-3)73(70(46-54)78-4)83-71-43-41-59(81(55-21-9-5-10-22-55)56-23-11-6-12-24-56)47-63(71)64-48-60(42-44-72(64)83)82(57-25-13-7-14-26-57)58-27-15-8-16-28-58/h5-49H. The number of benzene rings is 11. The van der Waals surface area contributed by atoms with Gasteiger partial charge in [-0.25, -0.2) is 29.3 Å². The van der Waals surface area contributed by atoms with Gasteiger partial charge in [-0.15, -0.1) is 0 Å². The average Bonchev–Trinajstić information content (AvgIpc) is 2.54. The first-order chi connectivity index (χ1) is 41.0. The zero-order chi connectivity index (χ0) is 56.2. The van der Waals surface area contributed by atoms with Crippen molar-refractivity contribution in [1.82, 2.24) is 14.5 Å². The second kappa shape index (κ2) is 21.9. The second-order valence-corrected chi connectivity index (χ2v) is 19.7. The molecule has 0 bridgehead atoms. The summed E-state index contributed by atoms with van der Waals surface area (Å²) < 4.78 is 2.10. The molecule has 0 amide bonds. The molecule has 0 fully saturated rings. The third-order valence-electron chi connectivity index (χ3n) is 14.9. The maximum atomic E-state index is 8.73. The van der Waals surface area contributed by atoms with E-state index in [-0.39, 0.29) is 0 Å². The smallest absolute Gasteiger partial charge is 0.200 e. The Bertz CT molecular complexity index is 4430. The summed E-state index contributed by atoms with van der Waals surface area (Å²) in [6, 6.07) is 91.0. The van der Waals surface area contributed by atoms with Crippen LogP contribution in [0.2, 0.25) is 0 Å². The van der Waals surface area contributed by atoms with Gasteiger partial charge in [0, 0.05) is 61.6 Å². The lowest BCUT2D eigenvalue weighted by atomic mass is 9.98. The highest BCUT2D eigenvalue weighted by atomic mass is 15.2. The van der Waals surface area contributed by atoms with E-state index in [4.69, 9.17) is 36.3 Å². The van der Waals surface area contributed by atoms with Crippen molar-refractivity contribution in [2.45, 2.75) is 0 Å². The second-order valence-electron chi connectivity index (χ2n) is 19.7. The highest BCUT2D eigenvalue weighted by Crippen LogP contribution is 2.47. The molecule has 9 heteroatoms. The van der Waals surface area contributed by atoms with Crippen LogP contribution in [0.3, 0.4) is 0 Å². The molecule has 0 aliphatic carbocycles. The minimum Gasteiger partial charge on any atom is -0.329 e. The van der Waals surface area contributed by atoms with E-state index in [2.05, 4.69) is 131 Å². The van der Waals surface area contributed by atoms with Gasteiger partial charge in [-0.05, 0) is 125 Å². The number of fused-ring (bicyclic) bond motifs is 3. The molecule has 83 heavy (non-hydrogen) atoms. The summed E-state index contributed by atoms with van der Waals surface area (Å²) in [7, 11) is 0. The number of anilines is 6. The third kappa shape index (κ3) is 9.52. The molecule has 11 aromatic carbocycles. The van der Waals surface area contributed by atoms with Gasteiger partial charge in [-0.2, -0.15) is 0 Å². The van der Waals surface area contributed by atoms with E-state index >= 15 is 0 Å². The number of aromatic nitrogens is 3. The van der Waals surface area contributed by atoms with E-state index in [0.717, 1.165) is 83.7 Å². The van der Waals surface area contributed by atoms with Crippen LogP contribution in [0.15, 0.2) is 273 Å². The van der Waals surface area contributed by atoms with Crippen LogP contribution in [0.5, 0.6) is 0 Å². The van der Waals surface area contributed by atoms with Gasteiger partial charge in [-0.3, -0.25) is 0 Å². The summed E-state index contributed by atoms with van der Waals surface area (Å²) in [5, 5.41) is 1.93. The first-order valence-electron chi connectivity index (χ1n) is 26.8. The van der Waals surface area contributed by atoms with Crippen molar-refractivity contribution in [2.24, 2.45) is 0 Å². The fourth-order valence-electron chi connectivity index (χ4n) is 11.0. The monoisotopic (exact) mass is 1060 g/mol. The van der Waals surface area contributed by atoms with Crippen LogP contribution in [0, 0.1) is 26.3 Å². The van der Waals surface area contributed by atoms with Crippen LogP contribution in [0.1, 0.15) is 0 Å². The highest BCUT2D eigenvalue weighted by Gasteiger charge is 2.24. The molecule has 386 valence electrons. The van der Waals surface area contributed by atoms with Crippen molar-refractivity contribution in [3.05, 3.63) is 319 Å². The van der Waals surface area contributed by atoms with Crippen molar-refractivity contribution < 1.29 is 0 Å². The molecule has 2 aromatic heterocycles. The minimum absolute atomic E-state index is 0.358. The van der Waals surface area contributed by atoms with Crippen LogP contribution < -0.4 is 9.80 Å². The Labute approximate surface area is 481 Å². The predicted octanol–water partition coefficient (Wildman–Crippen LogP) is 21.1. The zero-order valence-electron chi connectivity index (χ0n) is 44.5. The molecule has 0 atom stereocenters. The molecule has 0 spiro atoms. The molecule has 0 N–H and O–H groups in total. The van der Waals surface area contributed by atoms with Gasteiger partial charge < -0.3 is 14.4 Å². The van der Waals surface area contributed by atoms with Gasteiger partial charge in [-0.1, -0.05) is 170 Å². The van der Waals surface area contributed by atoms with Crippen molar-refractivity contribution in [3.63, 3.8) is 0 Å². The van der Waals surface area contributed by atoms with Crippen LogP contribution in [-0.2, 0) is 0 Å². The van der Waals surface area contributed by atoms with E-state index in [1.54, 1.807) is 12.1 Å². The van der Waals surface area contributed by atoms with E-state index in [1.165, 1.54) is 0 Å². The van der Waals surface area contributed by atoms with Crippen molar-refractivity contribution in [2.75, 3.05) is 9.80 Å². The summed E-state index contributed by atoms with van der Waals surface area (Å²) >= 11 is 0. The summed E-state index contributed by atoms with van der Waals surface area (Å²) in [5.74, 6) is 0.404. The van der Waals surface area contributed by atoms with Crippen LogP contribution >= 0.6 is 0 Å². The third-order valence-corrected chi connectivity index (χ3v) is 14.9. The number of hydrogen-bond donors (Lipinski definition) is 0. The summed E-state index contributed by atoms with van der Waals surface area (Å²) in [5.41, 5.74) is 16.8. The first-order valence-corrected chi connectivity index (χ1v) is 26.8. The summed E-state index contributed by atoms with van der Waals surface area (Å²) in [6.45, 7) is 33.1. The van der Waals surface area contributed by atoms with Gasteiger partial charge in [0.05, 0.1) is 54.4 Å². The lowest BCUT2D eigenvalue weighted by Gasteiger charge is -2.26. The molecular weight excluding hydrogens is 1010 g/mol. The van der Waals surface area contributed by atoms with Crippen molar-refractivity contribution in [3.8, 4) is 61.8 Å². The molecule has 0 aliphatic rings. The molecule has 13 rings (SSSR count). The van der Waals surface area contributed by atoms with Gasteiger partial charge in [0.15, 0.2) is 11.4 Å². The van der Waals surface area contributed by atoms with Crippen LogP contribution in [0.4, 0.5) is 56.9 Å². The van der Waals surface area contributed by atoms with E-state index < -0.39 is 0 Å². The van der Waals surface area contributed by atoms with Crippen LogP contribution in [-0.4, -0.2) is 14.5 Å². The van der Waals surface area contributed by atoms with Crippen molar-refractivity contribution >= 4 is 78.7 Å². The van der Waals surface area contributed by atoms with E-state index in [9.17, 15) is 0 Å². The molecule has 2 heterocycles. The predicted molar refractivity (Wildman–Crippen MR) is 338 cm³/mol. The Hall–Kier alpha value is -12.1. The van der Waals surface area contributed by atoms with Gasteiger partial charge >= 0.3 is 0 Å². The Kier molecular flexibility index (Phi) is 13.3. The Morgan fingerprint density at radius 2 is 0.651 bits per heavy atom. The highest BCUT2D eigenvalue weighted by molar-refractivity contribution is 6.13. The molecule has 0 radical (unpaired) electrons. The maximum Gasteiger partial charge on any atom is 0.200 e. The molecule has 0 saturated carbocycles. The van der Waals surface area contributed by atoms with Gasteiger partial charge in [0.25, 0.3) is 0 Å². The van der Waals surface area contributed by atoms with Crippen molar-refractivity contribution in [1.29, 1.82) is 0 Å². The lowest BCUT2D eigenvalue weighted by molar-refractivity contribution is 1.19. The number of rotatable bonds is 12. The molecule has 0 unspecified atom stereocenters. The topological polar surface area (TPSA) is 54.6 Å². The number of para-hydroxylation sites is 6. The first kappa shape index (κ1) is 50.4. The maximum absolute atomic E-state index is 8.73. The molecule has 9 nitrogen and oxygen atoms in total. The Balaban J connectivity index is 0.892. The molecular formula is C74H45N9. The average molecular weight is 1060 g/mol. The van der Waals surface area contributed by atoms with E-state index in [0.29, 0.717) is 56.8 Å². The SMILES string of the molecule is [C-]#[N+]c1ccccc1-c1cc(-c2ccc(-c3ccc(-c4cc([N+]#[C-])c(-n5c6ccc(N(c7ccccc7)c7ccccc7)cc6c6cc(N(c7ccccc7)c7ccccc7)ccc65)c([N+]#[C-])c4)cc3)cc2)nc(-c2ccccc2[N+]#[C-])n1. The molecule has 13 aromatic rings. The lowest BCUT2D eigenvalue weighted by Crippen LogP contribution is -2.09. The fraction of sp³-hybridized carbons (Fsp3) is 0. The summed E-state index contributed by atoms with van der Waals surface area (Å²) in [6.07, 6.45) is 0. The van der Waals surface area contributed by atoms with Gasteiger partial charge in [0.1, 0.15) is 5.82 Å². The number of nitrogens with zero attached hydrogens (tertiary/aromatic N) is 9. The molecule has 0 aliphatic heterocycles. The fourth-order valence-corrected chi connectivity index (χ4v) is 11.0. The largest absolute Gasteiger partial charge is 0.329 e. The Morgan fingerprint density at radius 1 is 0.289 bits per heavy atom. The summed E-state index contributed by atoms with van der Waals surface area (Å²) in [4.78, 5) is 30.2. The molecule has 0 saturated heterocycles. The minimum atomic E-state index is 0.358. The normalized spacial score (nSPS) is 10.8. The zero-order valence-corrected chi connectivity index (χ0v) is 44.5. The van der Waals surface area contributed by atoms with E-state index in [1.807, 2.05) is 164 Å². The van der Waals surface area contributed by atoms with Crippen LogP contribution in [0.25, 0.3) is 103 Å². The Morgan fingerprint density at radius 3 is 1.08 bits per heavy atom.